The van der Waals surface area contributed by atoms with Gasteiger partial charge in [0.2, 0.25) is 10.0 Å². The van der Waals surface area contributed by atoms with Gasteiger partial charge in [0.05, 0.1) is 22.7 Å². The first-order chi connectivity index (χ1) is 12.7. The molecule has 0 aromatic heterocycles. The summed E-state index contributed by atoms with van der Waals surface area (Å²) >= 11 is 12.3. The Balaban J connectivity index is 1.81. The average Bonchev–Trinajstić information content (AvgIpc) is 2.65. The van der Waals surface area contributed by atoms with E-state index < -0.39 is 10.0 Å². The lowest BCUT2D eigenvalue weighted by atomic mass is 10.1. The van der Waals surface area contributed by atoms with Gasteiger partial charge in [-0.1, -0.05) is 23.2 Å². The Morgan fingerprint density at radius 2 is 1.63 bits per heavy atom. The summed E-state index contributed by atoms with van der Waals surface area (Å²) in [5, 5.41) is 1.21. The first-order valence-electron chi connectivity index (χ1n) is 8.59. The summed E-state index contributed by atoms with van der Waals surface area (Å²) in [6.45, 7) is 5.50. The van der Waals surface area contributed by atoms with E-state index in [1.54, 1.807) is 38.3 Å². The second-order valence-electron chi connectivity index (χ2n) is 6.57. The number of ether oxygens (including phenoxy) is 1. The van der Waals surface area contributed by atoms with Crippen molar-refractivity contribution < 1.29 is 13.2 Å². The molecule has 0 aliphatic carbocycles. The maximum Gasteiger partial charge on any atom is 0.243 e. The third-order valence-electron chi connectivity index (χ3n) is 4.80. The monoisotopic (exact) mass is 428 g/mol. The third-order valence-corrected chi connectivity index (χ3v) is 7.39. The van der Waals surface area contributed by atoms with Crippen LogP contribution in [0.3, 0.4) is 0 Å². The number of benzene rings is 2. The molecule has 0 radical (unpaired) electrons. The molecule has 3 rings (SSSR count). The molecule has 1 fully saturated rings. The van der Waals surface area contributed by atoms with E-state index in [4.69, 9.17) is 27.9 Å². The molecule has 1 saturated heterocycles. The summed E-state index contributed by atoms with van der Waals surface area (Å²) < 4.78 is 33.1. The Bertz CT molecular complexity index is 956. The lowest BCUT2D eigenvalue weighted by molar-refractivity contribution is 0.384. The number of hydrogen-bond acceptors (Lipinski definition) is 4. The van der Waals surface area contributed by atoms with E-state index in [1.807, 2.05) is 13.0 Å². The smallest absolute Gasteiger partial charge is 0.243 e. The predicted molar refractivity (Wildman–Crippen MR) is 110 cm³/mol. The molecule has 0 amide bonds. The summed E-state index contributed by atoms with van der Waals surface area (Å²) in [6.07, 6.45) is 0. The minimum Gasteiger partial charge on any atom is -0.496 e. The van der Waals surface area contributed by atoms with Crippen LogP contribution in [0.25, 0.3) is 0 Å². The number of hydrogen-bond donors (Lipinski definition) is 0. The van der Waals surface area contributed by atoms with Crippen LogP contribution in [0.2, 0.25) is 10.0 Å². The molecule has 0 atom stereocenters. The Morgan fingerprint density at radius 3 is 2.26 bits per heavy atom. The van der Waals surface area contributed by atoms with Crippen molar-refractivity contribution in [3.63, 3.8) is 0 Å². The number of sulfonamides is 1. The van der Waals surface area contributed by atoms with Crippen molar-refractivity contribution in [2.75, 3.05) is 38.2 Å². The Labute approximate surface area is 170 Å². The molecule has 0 saturated carbocycles. The number of methoxy groups -OCH3 is 1. The summed E-state index contributed by atoms with van der Waals surface area (Å²) in [7, 11) is -1.99. The fourth-order valence-electron chi connectivity index (χ4n) is 3.30. The van der Waals surface area contributed by atoms with Crippen molar-refractivity contribution in [2.24, 2.45) is 0 Å². The van der Waals surface area contributed by atoms with Crippen LogP contribution in [0.1, 0.15) is 11.1 Å². The fraction of sp³-hybridized carbons (Fsp3) is 0.368. The summed E-state index contributed by atoms with van der Waals surface area (Å²) in [4.78, 5) is 2.39. The van der Waals surface area contributed by atoms with Gasteiger partial charge in [-0.3, -0.25) is 0 Å². The molecule has 1 heterocycles. The maximum absolute atomic E-state index is 13.1. The topological polar surface area (TPSA) is 49.9 Å². The van der Waals surface area contributed by atoms with Crippen molar-refractivity contribution >= 4 is 38.9 Å². The van der Waals surface area contributed by atoms with Crippen LogP contribution in [-0.4, -0.2) is 46.0 Å². The second-order valence-corrected chi connectivity index (χ2v) is 9.32. The number of rotatable bonds is 4. The first kappa shape index (κ1) is 20.3. The van der Waals surface area contributed by atoms with Gasteiger partial charge in [0.15, 0.2) is 0 Å². The van der Waals surface area contributed by atoms with E-state index in [2.05, 4.69) is 4.90 Å². The van der Waals surface area contributed by atoms with Crippen LogP contribution in [-0.2, 0) is 10.0 Å². The highest BCUT2D eigenvalue weighted by molar-refractivity contribution is 7.89. The second kappa shape index (κ2) is 7.87. The SMILES string of the molecule is COc1cc(C)c(S(=O)(=O)N2CCN(c3cc(Cl)ccc3Cl)CC2)cc1C. The summed E-state index contributed by atoms with van der Waals surface area (Å²) in [6, 6.07) is 8.76. The van der Waals surface area contributed by atoms with Crippen LogP contribution < -0.4 is 9.64 Å². The molecule has 8 heteroatoms. The van der Waals surface area contributed by atoms with E-state index in [1.165, 1.54) is 4.31 Å². The van der Waals surface area contributed by atoms with Gasteiger partial charge in [-0.2, -0.15) is 4.31 Å². The summed E-state index contributed by atoms with van der Waals surface area (Å²) in [5.41, 5.74) is 2.31. The zero-order valence-corrected chi connectivity index (χ0v) is 17.8. The van der Waals surface area contributed by atoms with Crippen molar-refractivity contribution in [2.45, 2.75) is 18.7 Å². The van der Waals surface area contributed by atoms with Crippen molar-refractivity contribution in [1.29, 1.82) is 0 Å². The number of halogens is 2. The molecule has 146 valence electrons. The molecule has 5 nitrogen and oxygen atoms in total. The molecule has 1 aliphatic rings. The molecular formula is C19H22Cl2N2O3S. The van der Waals surface area contributed by atoms with Crippen LogP contribution in [0, 0.1) is 13.8 Å². The maximum atomic E-state index is 13.1. The average molecular weight is 429 g/mol. The van der Waals surface area contributed by atoms with Crippen LogP contribution in [0.15, 0.2) is 35.2 Å². The van der Waals surface area contributed by atoms with Crippen molar-refractivity contribution in [3.05, 3.63) is 51.5 Å². The third kappa shape index (κ3) is 4.04. The number of piperazine rings is 1. The molecule has 0 N–H and O–H groups in total. The minimum atomic E-state index is -3.57. The highest BCUT2D eigenvalue weighted by atomic mass is 35.5. The molecule has 1 aliphatic heterocycles. The van der Waals surface area contributed by atoms with Gasteiger partial charge in [-0.05, 0) is 55.3 Å². The van der Waals surface area contributed by atoms with Gasteiger partial charge in [0.1, 0.15) is 5.75 Å². The van der Waals surface area contributed by atoms with E-state index in [0.717, 1.165) is 11.3 Å². The molecule has 2 aromatic rings. The highest BCUT2D eigenvalue weighted by Crippen LogP contribution is 2.32. The van der Waals surface area contributed by atoms with Crippen LogP contribution >= 0.6 is 23.2 Å². The van der Waals surface area contributed by atoms with Crippen LogP contribution in [0.5, 0.6) is 5.75 Å². The standard InChI is InChI=1S/C19H22Cl2N2O3S/c1-13-11-19(14(2)10-18(13)26-3)27(24,25)23-8-6-22(7-9-23)17-12-15(20)4-5-16(17)21/h4-5,10-12H,6-9H2,1-3H3. The Kier molecular flexibility index (Phi) is 5.91. The molecule has 0 bridgehead atoms. The van der Waals surface area contributed by atoms with E-state index in [-0.39, 0.29) is 0 Å². The Hall–Kier alpha value is -1.47. The summed E-state index contributed by atoms with van der Waals surface area (Å²) in [5.74, 6) is 0.687. The highest BCUT2D eigenvalue weighted by Gasteiger charge is 2.30. The number of anilines is 1. The predicted octanol–water partition coefficient (Wildman–Crippen LogP) is 4.13. The molecule has 0 spiro atoms. The normalized spacial score (nSPS) is 15.8. The minimum absolute atomic E-state index is 0.329. The van der Waals surface area contributed by atoms with Gasteiger partial charge >= 0.3 is 0 Å². The fourth-order valence-corrected chi connectivity index (χ4v) is 5.41. The van der Waals surface area contributed by atoms with Gasteiger partial charge in [0, 0.05) is 31.2 Å². The quantitative estimate of drug-likeness (QED) is 0.734. The van der Waals surface area contributed by atoms with Gasteiger partial charge in [-0.25, -0.2) is 8.42 Å². The van der Waals surface area contributed by atoms with Crippen LogP contribution in [0.4, 0.5) is 5.69 Å². The molecule has 0 unspecified atom stereocenters. The first-order valence-corrected chi connectivity index (χ1v) is 10.8. The number of nitrogens with zero attached hydrogens (tertiary/aromatic N) is 2. The van der Waals surface area contributed by atoms with Crippen molar-refractivity contribution in [3.8, 4) is 5.75 Å². The Morgan fingerprint density at radius 1 is 0.963 bits per heavy atom. The number of aryl methyl sites for hydroxylation is 2. The lowest BCUT2D eigenvalue weighted by Gasteiger charge is -2.36. The zero-order valence-electron chi connectivity index (χ0n) is 15.5. The van der Waals surface area contributed by atoms with E-state index in [9.17, 15) is 8.42 Å². The van der Waals surface area contributed by atoms with Gasteiger partial charge < -0.3 is 9.64 Å². The van der Waals surface area contributed by atoms with Gasteiger partial charge in [0.25, 0.3) is 0 Å². The van der Waals surface area contributed by atoms with Gasteiger partial charge in [-0.15, -0.1) is 0 Å². The molecule has 27 heavy (non-hydrogen) atoms. The van der Waals surface area contributed by atoms with Crippen molar-refractivity contribution in [1.82, 2.24) is 4.31 Å². The van der Waals surface area contributed by atoms with E-state index >= 15 is 0 Å². The lowest BCUT2D eigenvalue weighted by Crippen LogP contribution is -2.48. The molecule has 2 aromatic carbocycles. The largest absolute Gasteiger partial charge is 0.496 e. The zero-order chi connectivity index (χ0) is 19.8. The molecular weight excluding hydrogens is 407 g/mol. The van der Waals surface area contributed by atoms with E-state index in [0.29, 0.717) is 52.4 Å².